The standard InChI is InChI=1S/C29H33ClN2O4/c1-2-35-19-11-18-31-29(34)26(20-23-12-5-3-6-13-23)32(21-24-14-7-4-8-15-24)28(33)22-36-27-17-10-9-16-25(27)30/h3-10,12-17,26H,2,11,18-22H2,1H3,(H,31,34)/t26-/m0/s1. The van der Waals surface area contributed by atoms with Gasteiger partial charge in [0.05, 0.1) is 5.02 Å². The number of nitrogens with one attached hydrogen (secondary N) is 1. The van der Waals surface area contributed by atoms with Crippen molar-refractivity contribution in [3.63, 3.8) is 0 Å². The maximum absolute atomic E-state index is 13.5. The van der Waals surface area contributed by atoms with Crippen LogP contribution in [-0.4, -0.2) is 49.1 Å². The van der Waals surface area contributed by atoms with Crippen LogP contribution in [0.15, 0.2) is 84.9 Å². The average molecular weight is 509 g/mol. The van der Waals surface area contributed by atoms with Crippen molar-refractivity contribution in [1.29, 1.82) is 0 Å². The second-order valence-corrected chi connectivity index (χ2v) is 8.68. The maximum atomic E-state index is 13.5. The quantitative estimate of drug-likeness (QED) is 0.314. The molecule has 3 rings (SSSR count). The first-order chi connectivity index (χ1) is 17.6. The van der Waals surface area contributed by atoms with E-state index in [0.717, 1.165) is 11.1 Å². The zero-order chi connectivity index (χ0) is 25.6. The molecule has 0 heterocycles. The Balaban J connectivity index is 1.83. The Bertz CT molecular complexity index is 1080. The van der Waals surface area contributed by atoms with Crippen molar-refractivity contribution < 1.29 is 19.1 Å². The van der Waals surface area contributed by atoms with E-state index in [1.54, 1.807) is 29.2 Å². The fourth-order valence-electron chi connectivity index (χ4n) is 3.77. The Morgan fingerprint density at radius 1 is 0.917 bits per heavy atom. The normalized spacial score (nSPS) is 11.5. The largest absolute Gasteiger partial charge is 0.482 e. The van der Waals surface area contributed by atoms with Crippen LogP contribution in [0, 0.1) is 0 Å². The first-order valence-corrected chi connectivity index (χ1v) is 12.6. The molecule has 0 bridgehead atoms. The number of carbonyl (C=O) groups excluding carboxylic acids is 2. The van der Waals surface area contributed by atoms with Crippen LogP contribution >= 0.6 is 11.6 Å². The molecule has 0 aliphatic carbocycles. The van der Waals surface area contributed by atoms with Crippen LogP contribution < -0.4 is 10.1 Å². The lowest BCUT2D eigenvalue weighted by molar-refractivity contribution is -0.142. The van der Waals surface area contributed by atoms with Crippen molar-refractivity contribution >= 4 is 23.4 Å². The zero-order valence-electron chi connectivity index (χ0n) is 20.6. The predicted molar refractivity (Wildman–Crippen MR) is 142 cm³/mol. The van der Waals surface area contributed by atoms with Crippen LogP contribution in [0.5, 0.6) is 5.75 Å². The van der Waals surface area contributed by atoms with Crippen LogP contribution in [0.1, 0.15) is 24.5 Å². The topological polar surface area (TPSA) is 67.9 Å². The first-order valence-electron chi connectivity index (χ1n) is 12.2. The molecule has 0 aromatic heterocycles. The van der Waals surface area contributed by atoms with Gasteiger partial charge in [-0.15, -0.1) is 0 Å². The van der Waals surface area contributed by atoms with E-state index in [9.17, 15) is 9.59 Å². The number of para-hydroxylation sites is 1. The third-order valence-corrected chi connectivity index (χ3v) is 5.94. The molecule has 3 aromatic rings. The Labute approximate surface area is 218 Å². The fraction of sp³-hybridized carbons (Fsp3) is 0.310. The van der Waals surface area contributed by atoms with Gasteiger partial charge in [0, 0.05) is 32.7 Å². The molecule has 0 spiro atoms. The summed E-state index contributed by atoms with van der Waals surface area (Å²) in [6.45, 7) is 3.64. The summed E-state index contributed by atoms with van der Waals surface area (Å²) in [7, 11) is 0. The Kier molecular flexibility index (Phi) is 11.3. The number of carbonyl (C=O) groups is 2. The van der Waals surface area contributed by atoms with Crippen molar-refractivity contribution in [3.05, 3.63) is 101 Å². The van der Waals surface area contributed by atoms with Crippen molar-refractivity contribution in [2.45, 2.75) is 32.4 Å². The number of rotatable bonds is 14. The molecule has 2 amide bonds. The van der Waals surface area contributed by atoms with Gasteiger partial charge in [0.15, 0.2) is 6.61 Å². The molecular formula is C29H33ClN2O4. The lowest BCUT2D eigenvalue weighted by atomic mass is 10.0. The monoisotopic (exact) mass is 508 g/mol. The van der Waals surface area contributed by atoms with Crippen LogP contribution in [0.2, 0.25) is 5.02 Å². The molecule has 7 heteroatoms. The van der Waals surface area contributed by atoms with Gasteiger partial charge < -0.3 is 19.7 Å². The molecule has 0 saturated carbocycles. The molecule has 1 N–H and O–H groups in total. The Hall–Kier alpha value is -3.35. The van der Waals surface area contributed by atoms with Crippen molar-refractivity contribution in [2.24, 2.45) is 0 Å². The average Bonchev–Trinajstić information content (AvgIpc) is 2.91. The number of amides is 2. The van der Waals surface area contributed by atoms with Crippen LogP contribution in [-0.2, 0) is 27.3 Å². The van der Waals surface area contributed by atoms with E-state index < -0.39 is 6.04 Å². The third kappa shape index (κ3) is 8.70. The molecule has 0 aliphatic rings. The molecule has 36 heavy (non-hydrogen) atoms. The molecular weight excluding hydrogens is 476 g/mol. The van der Waals surface area contributed by atoms with Crippen LogP contribution in [0.3, 0.4) is 0 Å². The van der Waals surface area contributed by atoms with Gasteiger partial charge in [-0.1, -0.05) is 84.4 Å². The summed E-state index contributed by atoms with van der Waals surface area (Å²) in [5.41, 5.74) is 1.88. The smallest absolute Gasteiger partial charge is 0.261 e. The summed E-state index contributed by atoms with van der Waals surface area (Å²) in [5, 5.41) is 3.42. The second-order valence-electron chi connectivity index (χ2n) is 8.27. The minimum Gasteiger partial charge on any atom is -0.482 e. The minimum absolute atomic E-state index is 0.211. The van der Waals surface area contributed by atoms with Gasteiger partial charge >= 0.3 is 0 Å². The highest BCUT2D eigenvalue weighted by atomic mass is 35.5. The second kappa shape index (κ2) is 14.9. The van der Waals surface area contributed by atoms with E-state index >= 15 is 0 Å². The zero-order valence-corrected chi connectivity index (χ0v) is 21.3. The predicted octanol–water partition coefficient (Wildman–Crippen LogP) is 4.90. The van der Waals surface area contributed by atoms with Gasteiger partial charge in [-0.25, -0.2) is 0 Å². The number of benzene rings is 3. The van der Waals surface area contributed by atoms with E-state index in [1.165, 1.54) is 0 Å². The molecule has 1 atom stereocenters. The first kappa shape index (κ1) is 27.2. The summed E-state index contributed by atoms with van der Waals surface area (Å²) in [5.74, 6) is -0.0892. The molecule has 6 nitrogen and oxygen atoms in total. The summed E-state index contributed by atoms with van der Waals surface area (Å²) in [4.78, 5) is 28.6. The van der Waals surface area contributed by atoms with Gasteiger partial charge in [0.1, 0.15) is 11.8 Å². The van der Waals surface area contributed by atoms with E-state index in [2.05, 4.69) is 5.32 Å². The molecule has 0 aliphatic heterocycles. The molecule has 0 fully saturated rings. The van der Waals surface area contributed by atoms with E-state index in [-0.39, 0.29) is 25.0 Å². The summed E-state index contributed by atoms with van der Waals surface area (Å²) < 4.78 is 11.1. The molecule has 3 aromatic carbocycles. The van der Waals surface area contributed by atoms with Gasteiger partial charge in [0.2, 0.25) is 5.91 Å². The minimum atomic E-state index is -0.720. The summed E-state index contributed by atoms with van der Waals surface area (Å²) in [6.07, 6.45) is 1.07. The molecule has 0 unspecified atom stereocenters. The SMILES string of the molecule is CCOCCCNC(=O)[C@H](Cc1ccccc1)N(Cc1ccccc1)C(=O)COc1ccccc1Cl. The summed E-state index contributed by atoms with van der Waals surface area (Å²) in [6, 6.07) is 25.6. The number of hydrogen-bond acceptors (Lipinski definition) is 4. The highest BCUT2D eigenvalue weighted by Crippen LogP contribution is 2.23. The van der Waals surface area contributed by atoms with E-state index in [4.69, 9.17) is 21.1 Å². The third-order valence-electron chi connectivity index (χ3n) is 5.62. The fourth-order valence-corrected chi connectivity index (χ4v) is 3.96. The van der Waals surface area contributed by atoms with E-state index in [0.29, 0.717) is 43.4 Å². The van der Waals surface area contributed by atoms with Gasteiger partial charge in [-0.05, 0) is 36.6 Å². The number of halogens is 1. The van der Waals surface area contributed by atoms with Crippen LogP contribution in [0.25, 0.3) is 0 Å². The highest BCUT2D eigenvalue weighted by molar-refractivity contribution is 6.32. The van der Waals surface area contributed by atoms with E-state index in [1.807, 2.05) is 67.6 Å². The summed E-state index contributed by atoms with van der Waals surface area (Å²) >= 11 is 6.21. The van der Waals surface area contributed by atoms with Crippen molar-refractivity contribution in [2.75, 3.05) is 26.4 Å². The van der Waals surface area contributed by atoms with Crippen molar-refractivity contribution in [1.82, 2.24) is 10.2 Å². The lowest BCUT2D eigenvalue weighted by Crippen LogP contribution is -2.52. The lowest BCUT2D eigenvalue weighted by Gasteiger charge is -2.31. The van der Waals surface area contributed by atoms with Gasteiger partial charge in [-0.2, -0.15) is 0 Å². The number of ether oxygens (including phenoxy) is 2. The molecule has 0 radical (unpaired) electrons. The maximum Gasteiger partial charge on any atom is 0.261 e. The molecule has 0 saturated heterocycles. The Morgan fingerprint density at radius 3 is 2.22 bits per heavy atom. The van der Waals surface area contributed by atoms with Crippen molar-refractivity contribution in [3.8, 4) is 5.75 Å². The number of hydrogen-bond donors (Lipinski definition) is 1. The van der Waals surface area contributed by atoms with Gasteiger partial charge in [-0.3, -0.25) is 9.59 Å². The van der Waals surface area contributed by atoms with Gasteiger partial charge in [0.25, 0.3) is 5.91 Å². The Morgan fingerprint density at radius 2 is 1.56 bits per heavy atom. The van der Waals surface area contributed by atoms with Crippen LogP contribution in [0.4, 0.5) is 0 Å². The number of nitrogens with zero attached hydrogens (tertiary/aromatic N) is 1. The highest BCUT2D eigenvalue weighted by Gasteiger charge is 2.30. The molecule has 190 valence electrons.